The van der Waals surface area contributed by atoms with E-state index in [0.717, 1.165) is 10.0 Å². The van der Waals surface area contributed by atoms with E-state index in [2.05, 4.69) is 31.1 Å². The molecule has 0 saturated carbocycles. The van der Waals surface area contributed by atoms with E-state index in [-0.39, 0.29) is 0 Å². The van der Waals surface area contributed by atoms with Gasteiger partial charge in [0, 0.05) is 16.4 Å². The molecule has 0 aliphatic heterocycles. The van der Waals surface area contributed by atoms with E-state index in [1.165, 1.54) is 0 Å². The van der Waals surface area contributed by atoms with Crippen molar-refractivity contribution in [3.05, 3.63) is 47.1 Å². The highest BCUT2D eigenvalue weighted by molar-refractivity contribution is 9.10. The number of halogens is 1. The monoisotopic (exact) mass is 316 g/mol. The third-order valence-electron chi connectivity index (χ3n) is 2.54. The second-order valence-corrected chi connectivity index (χ2v) is 4.73. The predicted molar refractivity (Wildman–Crippen MR) is 75.1 cm³/mol. The van der Waals surface area contributed by atoms with Gasteiger partial charge in [0.2, 0.25) is 5.82 Å². The van der Waals surface area contributed by atoms with Crippen molar-refractivity contribution in [2.24, 2.45) is 0 Å². The Morgan fingerprint density at radius 3 is 2.84 bits per heavy atom. The Kier molecular flexibility index (Phi) is 3.00. The van der Waals surface area contributed by atoms with E-state index in [4.69, 9.17) is 10.3 Å². The van der Waals surface area contributed by atoms with Crippen LogP contribution in [0.25, 0.3) is 23.0 Å². The van der Waals surface area contributed by atoms with E-state index in [0.29, 0.717) is 23.1 Å². The summed E-state index contributed by atoms with van der Waals surface area (Å²) in [5, 5.41) is 3.92. The van der Waals surface area contributed by atoms with Gasteiger partial charge in [-0.3, -0.25) is 4.98 Å². The van der Waals surface area contributed by atoms with Crippen LogP contribution in [0.15, 0.2) is 51.6 Å². The average Bonchev–Trinajstić information content (AvgIpc) is 2.92. The highest BCUT2D eigenvalue weighted by Crippen LogP contribution is 2.29. The molecule has 0 amide bonds. The second-order valence-electron chi connectivity index (χ2n) is 3.88. The quantitative estimate of drug-likeness (QED) is 0.735. The fourth-order valence-corrected chi connectivity index (χ4v) is 2.05. The van der Waals surface area contributed by atoms with Crippen molar-refractivity contribution in [2.45, 2.75) is 0 Å². The topological polar surface area (TPSA) is 77.8 Å². The standard InChI is InChI=1S/C13H9BrN4O/c14-10-5-4-8(15)7-9(10)13-17-12(18-19-13)11-3-1-2-6-16-11/h1-7H,15H2. The fourth-order valence-electron chi connectivity index (χ4n) is 1.64. The van der Waals surface area contributed by atoms with E-state index in [1.807, 2.05) is 24.3 Å². The van der Waals surface area contributed by atoms with Crippen molar-refractivity contribution in [3.63, 3.8) is 0 Å². The Bertz CT molecular complexity index is 712. The molecule has 6 heteroatoms. The van der Waals surface area contributed by atoms with Gasteiger partial charge in [-0.15, -0.1) is 0 Å². The smallest absolute Gasteiger partial charge is 0.259 e. The molecule has 0 aliphatic rings. The highest BCUT2D eigenvalue weighted by atomic mass is 79.9. The summed E-state index contributed by atoms with van der Waals surface area (Å²) in [5.41, 5.74) is 7.82. The molecule has 2 heterocycles. The normalized spacial score (nSPS) is 10.6. The predicted octanol–water partition coefficient (Wildman–Crippen LogP) is 3.14. The summed E-state index contributed by atoms with van der Waals surface area (Å²) in [7, 11) is 0. The Morgan fingerprint density at radius 2 is 2.05 bits per heavy atom. The lowest BCUT2D eigenvalue weighted by Gasteiger charge is -1.99. The zero-order valence-electron chi connectivity index (χ0n) is 9.75. The van der Waals surface area contributed by atoms with Crippen LogP contribution in [0.3, 0.4) is 0 Å². The highest BCUT2D eigenvalue weighted by Gasteiger charge is 2.13. The maximum atomic E-state index is 5.76. The van der Waals surface area contributed by atoms with Gasteiger partial charge in [0.15, 0.2) is 0 Å². The first-order chi connectivity index (χ1) is 9.24. The molecule has 0 aliphatic carbocycles. The van der Waals surface area contributed by atoms with Gasteiger partial charge in [0.05, 0.1) is 5.56 Å². The van der Waals surface area contributed by atoms with Gasteiger partial charge >= 0.3 is 0 Å². The number of hydrogen-bond acceptors (Lipinski definition) is 5. The van der Waals surface area contributed by atoms with Gasteiger partial charge in [-0.05, 0) is 46.3 Å². The third kappa shape index (κ3) is 2.34. The van der Waals surface area contributed by atoms with Crippen LogP contribution >= 0.6 is 15.9 Å². The van der Waals surface area contributed by atoms with Crippen molar-refractivity contribution >= 4 is 21.6 Å². The number of aromatic nitrogens is 3. The Labute approximate surface area is 117 Å². The number of benzene rings is 1. The van der Waals surface area contributed by atoms with E-state index in [9.17, 15) is 0 Å². The molecule has 0 radical (unpaired) electrons. The number of pyridine rings is 1. The summed E-state index contributed by atoms with van der Waals surface area (Å²) < 4.78 is 6.10. The van der Waals surface area contributed by atoms with Crippen molar-refractivity contribution in [2.75, 3.05) is 5.73 Å². The number of rotatable bonds is 2. The van der Waals surface area contributed by atoms with E-state index in [1.54, 1.807) is 18.3 Å². The lowest BCUT2D eigenvalue weighted by atomic mass is 10.2. The lowest BCUT2D eigenvalue weighted by Crippen LogP contribution is -1.87. The van der Waals surface area contributed by atoms with E-state index < -0.39 is 0 Å². The van der Waals surface area contributed by atoms with Crippen LogP contribution in [0.4, 0.5) is 5.69 Å². The fraction of sp³-hybridized carbons (Fsp3) is 0. The van der Waals surface area contributed by atoms with Crippen LogP contribution in [0.1, 0.15) is 0 Å². The summed E-state index contributed by atoms with van der Waals surface area (Å²) in [6.07, 6.45) is 1.68. The maximum absolute atomic E-state index is 5.76. The lowest BCUT2D eigenvalue weighted by molar-refractivity contribution is 0.432. The van der Waals surface area contributed by atoms with Crippen molar-refractivity contribution in [3.8, 4) is 23.0 Å². The van der Waals surface area contributed by atoms with Gasteiger partial charge < -0.3 is 10.3 Å². The van der Waals surface area contributed by atoms with Crippen LogP contribution < -0.4 is 5.73 Å². The van der Waals surface area contributed by atoms with Gasteiger partial charge in [-0.2, -0.15) is 4.98 Å². The summed E-state index contributed by atoms with van der Waals surface area (Å²) in [4.78, 5) is 8.50. The molecule has 0 atom stereocenters. The zero-order chi connectivity index (χ0) is 13.2. The Hall–Kier alpha value is -2.21. The molecule has 3 aromatic rings. The minimum atomic E-state index is 0.403. The van der Waals surface area contributed by atoms with Crippen LogP contribution in [0.2, 0.25) is 0 Å². The summed E-state index contributed by atoms with van der Waals surface area (Å²) in [6, 6.07) is 10.9. The van der Waals surface area contributed by atoms with Crippen molar-refractivity contribution in [1.82, 2.24) is 15.1 Å². The first kappa shape index (κ1) is 11.9. The van der Waals surface area contributed by atoms with Gasteiger partial charge in [0.1, 0.15) is 5.69 Å². The van der Waals surface area contributed by atoms with Crippen LogP contribution in [0, 0.1) is 0 Å². The molecule has 1 aromatic carbocycles. The molecule has 0 unspecified atom stereocenters. The molecular formula is C13H9BrN4O. The largest absolute Gasteiger partial charge is 0.399 e. The Morgan fingerprint density at radius 1 is 1.16 bits per heavy atom. The van der Waals surface area contributed by atoms with Gasteiger partial charge in [0.25, 0.3) is 5.89 Å². The molecule has 0 spiro atoms. The van der Waals surface area contributed by atoms with Crippen LogP contribution in [-0.2, 0) is 0 Å². The molecule has 19 heavy (non-hydrogen) atoms. The zero-order valence-corrected chi connectivity index (χ0v) is 11.3. The number of nitrogens with two attached hydrogens (primary N) is 1. The number of hydrogen-bond donors (Lipinski definition) is 1. The minimum absolute atomic E-state index is 0.403. The third-order valence-corrected chi connectivity index (χ3v) is 3.23. The van der Waals surface area contributed by atoms with Crippen LogP contribution in [0.5, 0.6) is 0 Å². The number of anilines is 1. The number of nitrogen functional groups attached to an aromatic ring is 1. The van der Waals surface area contributed by atoms with E-state index >= 15 is 0 Å². The summed E-state index contributed by atoms with van der Waals surface area (Å²) in [6.45, 7) is 0. The molecule has 0 bridgehead atoms. The molecule has 2 N–H and O–H groups in total. The van der Waals surface area contributed by atoms with Crippen molar-refractivity contribution < 1.29 is 4.52 Å². The molecule has 0 fully saturated rings. The molecule has 2 aromatic heterocycles. The summed E-state index contributed by atoms with van der Waals surface area (Å²) in [5.74, 6) is 0.852. The molecular weight excluding hydrogens is 308 g/mol. The second kappa shape index (κ2) is 4.81. The molecule has 0 saturated heterocycles. The average molecular weight is 317 g/mol. The SMILES string of the molecule is Nc1ccc(Br)c(-c2nc(-c3ccccn3)no2)c1. The molecule has 94 valence electrons. The first-order valence-electron chi connectivity index (χ1n) is 5.54. The molecule has 5 nitrogen and oxygen atoms in total. The Balaban J connectivity index is 2.04. The maximum Gasteiger partial charge on any atom is 0.259 e. The first-order valence-corrected chi connectivity index (χ1v) is 6.34. The van der Waals surface area contributed by atoms with Crippen molar-refractivity contribution in [1.29, 1.82) is 0 Å². The number of nitrogens with zero attached hydrogens (tertiary/aromatic N) is 3. The van der Waals surface area contributed by atoms with Crippen LogP contribution in [-0.4, -0.2) is 15.1 Å². The van der Waals surface area contributed by atoms with Gasteiger partial charge in [-0.25, -0.2) is 0 Å². The molecule has 3 rings (SSSR count). The minimum Gasteiger partial charge on any atom is -0.399 e. The summed E-state index contributed by atoms with van der Waals surface area (Å²) >= 11 is 3.43. The van der Waals surface area contributed by atoms with Gasteiger partial charge in [-0.1, -0.05) is 11.2 Å².